The van der Waals surface area contributed by atoms with Crippen LogP contribution in [0.5, 0.6) is 5.75 Å². The molecule has 2 N–H and O–H groups in total. The molecule has 0 fully saturated rings. The van der Waals surface area contributed by atoms with E-state index in [4.69, 9.17) is 10.5 Å². The molecule has 1 aromatic heterocycles. The lowest BCUT2D eigenvalue weighted by atomic mass is 10.1. The molecule has 0 saturated heterocycles. The van der Waals surface area contributed by atoms with Crippen molar-refractivity contribution in [3.8, 4) is 5.75 Å². The van der Waals surface area contributed by atoms with Gasteiger partial charge in [-0.2, -0.15) is 0 Å². The normalized spacial score (nSPS) is 10.5. The van der Waals surface area contributed by atoms with E-state index in [1.165, 1.54) is 4.88 Å². The highest BCUT2D eigenvalue weighted by atomic mass is 79.9. The molecule has 0 amide bonds. The average Bonchev–Trinajstić information content (AvgIpc) is 2.68. The first-order chi connectivity index (χ1) is 8.06. The second-order valence-corrected chi connectivity index (χ2v) is 6.52. The molecular formula is C13H14BrNOS. The Kier molecular flexibility index (Phi) is 3.74. The summed E-state index contributed by atoms with van der Waals surface area (Å²) in [5, 5.41) is 0. The van der Waals surface area contributed by atoms with Crippen LogP contribution in [0.4, 0.5) is 5.69 Å². The lowest BCUT2D eigenvalue weighted by molar-refractivity contribution is 0.307. The van der Waals surface area contributed by atoms with E-state index >= 15 is 0 Å². The maximum absolute atomic E-state index is 5.84. The quantitative estimate of drug-likeness (QED) is 0.858. The zero-order chi connectivity index (χ0) is 12.4. The molecule has 0 aliphatic carbocycles. The zero-order valence-electron chi connectivity index (χ0n) is 9.79. The monoisotopic (exact) mass is 311 g/mol. The smallest absolute Gasteiger partial charge is 0.123 e. The van der Waals surface area contributed by atoms with Gasteiger partial charge in [-0.15, -0.1) is 11.3 Å². The Morgan fingerprint density at radius 3 is 2.65 bits per heavy atom. The minimum absolute atomic E-state index is 0.598. The van der Waals surface area contributed by atoms with E-state index in [1.807, 2.05) is 32.0 Å². The van der Waals surface area contributed by atoms with Crippen molar-refractivity contribution in [1.29, 1.82) is 0 Å². The van der Waals surface area contributed by atoms with Gasteiger partial charge in [0, 0.05) is 10.6 Å². The van der Waals surface area contributed by atoms with Crippen molar-refractivity contribution < 1.29 is 4.74 Å². The van der Waals surface area contributed by atoms with E-state index in [0.717, 1.165) is 26.4 Å². The van der Waals surface area contributed by atoms with Crippen LogP contribution in [0, 0.1) is 13.8 Å². The Balaban J connectivity index is 2.11. The average molecular weight is 312 g/mol. The van der Waals surface area contributed by atoms with E-state index in [-0.39, 0.29) is 0 Å². The third kappa shape index (κ3) is 3.01. The van der Waals surface area contributed by atoms with Crippen molar-refractivity contribution in [2.24, 2.45) is 0 Å². The van der Waals surface area contributed by atoms with Gasteiger partial charge in [0.15, 0.2) is 0 Å². The van der Waals surface area contributed by atoms with E-state index in [1.54, 1.807) is 11.3 Å². The van der Waals surface area contributed by atoms with Crippen LogP contribution in [-0.2, 0) is 6.61 Å². The first kappa shape index (κ1) is 12.5. The summed E-state index contributed by atoms with van der Waals surface area (Å²) >= 11 is 5.13. The molecule has 0 radical (unpaired) electrons. The Morgan fingerprint density at radius 1 is 1.24 bits per heavy atom. The summed E-state index contributed by atoms with van der Waals surface area (Å²) < 4.78 is 6.93. The van der Waals surface area contributed by atoms with E-state index in [0.29, 0.717) is 6.61 Å². The fourth-order valence-electron chi connectivity index (χ4n) is 1.55. The number of nitrogen functional groups attached to an aromatic ring is 1. The first-order valence-electron chi connectivity index (χ1n) is 5.30. The van der Waals surface area contributed by atoms with Crippen LogP contribution in [-0.4, -0.2) is 0 Å². The zero-order valence-corrected chi connectivity index (χ0v) is 12.2. The highest BCUT2D eigenvalue weighted by Gasteiger charge is 2.05. The van der Waals surface area contributed by atoms with E-state index < -0.39 is 0 Å². The lowest BCUT2D eigenvalue weighted by Crippen LogP contribution is -1.98. The summed E-state index contributed by atoms with van der Waals surface area (Å²) in [6, 6.07) is 8.04. The molecule has 4 heteroatoms. The standard InChI is InChI=1S/C13H14BrNOS/c1-8-6-12(9(2)5-11(8)15)16-7-10-3-4-13(14)17-10/h3-6H,7,15H2,1-2H3. The molecule has 0 spiro atoms. The second kappa shape index (κ2) is 5.10. The van der Waals surface area contributed by atoms with Crippen molar-refractivity contribution in [2.45, 2.75) is 20.5 Å². The number of aryl methyl sites for hydroxylation is 2. The van der Waals surface area contributed by atoms with Gasteiger partial charge < -0.3 is 10.5 Å². The molecule has 2 nitrogen and oxygen atoms in total. The topological polar surface area (TPSA) is 35.2 Å². The van der Waals surface area contributed by atoms with Crippen LogP contribution in [0.25, 0.3) is 0 Å². The minimum Gasteiger partial charge on any atom is -0.488 e. The minimum atomic E-state index is 0.598. The molecule has 90 valence electrons. The summed E-state index contributed by atoms with van der Waals surface area (Å²) in [7, 11) is 0. The van der Waals surface area contributed by atoms with Crippen molar-refractivity contribution in [1.82, 2.24) is 0 Å². The Bertz CT molecular complexity index is 536. The van der Waals surface area contributed by atoms with Crippen LogP contribution >= 0.6 is 27.3 Å². The van der Waals surface area contributed by atoms with Crippen LogP contribution in [0.3, 0.4) is 0 Å². The molecule has 1 aromatic carbocycles. The summed E-state index contributed by atoms with van der Waals surface area (Å²) in [6.45, 7) is 4.60. The van der Waals surface area contributed by atoms with Crippen LogP contribution < -0.4 is 10.5 Å². The Morgan fingerprint density at radius 2 is 2.00 bits per heavy atom. The molecule has 0 bridgehead atoms. The Hall–Kier alpha value is -1.00. The number of hydrogen-bond acceptors (Lipinski definition) is 3. The van der Waals surface area contributed by atoms with E-state index in [2.05, 4.69) is 22.0 Å². The third-order valence-electron chi connectivity index (χ3n) is 2.56. The molecule has 0 atom stereocenters. The molecule has 0 aliphatic rings. The fourth-order valence-corrected chi connectivity index (χ4v) is 2.94. The van der Waals surface area contributed by atoms with E-state index in [9.17, 15) is 0 Å². The first-order valence-corrected chi connectivity index (χ1v) is 6.91. The summed E-state index contributed by atoms with van der Waals surface area (Å²) in [4.78, 5) is 1.20. The summed E-state index contributed by atoms with van der Waals surface area (Å²) in [5.41, 5.74) is 8.78. The highest BCUT2D eigenvalue weighted by Crippen LogP contribution is 2.27. The third-order valence-corrected chi connectivity index (χ3v) is 4.16. The number of nitrogens with two attached hydrogens (primary N) is 1. The molecule has 2 aromatic rings. The largest absolute Gasteiger partial charge is 0.488 e. The summed E-state index contributed by atoms with van der Waals surface area (Å²) in [5.74, 6) is 0.904. The molecule has 17 heavy (non-hydrogen) atoms. The lowest BCUT2D eigenvalue weighted by Gasteiger charge is -2.10. The number of benzene rings is 1. The number of ether oxygens (including phenoxy) is 1. The van der Waals surface area contributed by atoms with Gasteiger partial charge in [0.2, 0.25) is 0 Å². The highest BCUT2D eigenvalue weighted by molar-refractivity contribution is 9.11. The van der Waals surface area contributed by atoms with Gasteiger partial charge in [-0.25, -0.2) is 0 Å². The van der Waals surface area contributed by atoms with Crippen molar-refractivity contribution >= 4 is 33.0 Å². The maximum atomic E-state index is 5.84. The predicted octanol–water partition coefficient (Wildman–Crippen LogP) is 4.29. The van der Waals surface area contributed by atoms with Crippen LogP contribution in [0.15, 0.2) is 28.1 Å². The SMILES string of the molecule is Cc1cc(OCc2ccc(Br)s2)c(C)cc1N. The van der Waals surface area contributed by atoms with Crippen molar-refractivity contribution in [2.75, 3.05) is 5.73 Å². The van der Waals surface area contributed by atoms with Crippen molar-refractivity contribution in [3.63, 3.8) is 0 Å². The van der Waals surface area contributed by atoms with Crippen molar-refractivity contribution in [3.05, 3.63) is 44.1 Å². The second-order valence-electron chi connectivity index (χ2n) is 3.97. The van der Waals surface area contributed by atoms with Gasteiger partial charge in [0.25, 0.3) is 0 Å². The van der Waals surface area contributed by atoms with Gasteiger partial charge in [0.1, 0.15) is 12.4 Å². The number of thiophene rings is 1. The van der Waals surface area contributed by atoms with Gasteiger partial charge in [-0.3, -0.25) is 0 Å². The molecule has 2 rings (SSSR count). The Labute approximate surface area is 114 Å². The molecule has 1 heterocycles. The molecule has 0 aliphatic heterocycles. The fraction of sp³-hybridized carbons (Fsp3) is 0.231. The van der Waals surface area contributed by atoms with Gasteiger partial charge in [-0.05, 0) is 65.2 Å². The van der Waals surface area contributed by atoms with Gasteiger partial charge >= 0.3 is 0 Å². The maximum Gasteiger partial charge on any atom is 0.123 e. The summed E-state index contributed by atoms with van der Waals surface area (Å²) in [6.07, 6.45) is 0. The number of anilines is 1. The predicted molar refractivity (Wildman–Crippen MR) is 76.7 cm³/mol. The number of hydrogen-bond donors (Lipinski definition) is 1. The number of halogens is 1. The van der Waals surface area contributed by atoms with Crippen LogP contribution in [0.2, 0.25) is 0 Å². The van der Waals surface area contributed by atoms with Gasteiger partial charge in [0.05, 0.1) is 3.79 Å². The number of rotatable bonds is 3. The molecule has 0 saturated carbocycles. The van der Waals surface area contributed by atoms with Gasteiger partial charge in [-0.1, -0.05) is 0 Å². The molecular weight excluding hydrogens is 298 g/mol. The van der Waals surface area contributed by atoms with Crippen LogP contribution in [0.1, 0.15) is 16.0 Å². The molecule has 0 unspecified atom stereocenters.